The highest BCUT2D eigenvalue weighted by molar-refractivity contribution is 6.03. The van der Waals surface area contributed by atoms with Crippen LogP contribution in [0.4, 0.5) is 11.4 Å². The lowest BCUT2D eigenvalue weighted by Crippen LogP contribution is -2.39. The molecular weight excluding hydrogens is 546 g/mol. The number of anilines is 2. The van der Waals surface area contributed by atoms with Crippen LogP contribution in [0.3, 0.4) is 0 Å². The third-order valence-electron chi connectivity index (χ3n) is 8.37. The number of benzene rings is 3. The van der Waals surface area contributed by atoms with Crippen LogP contribution >= 0.6 is 0 Å². The maximum Gasteiger partial charge on any atom is 0.254 e. The maximum absolute atomic E-state index is 12.9. The molecule has 5 amide bonds. The Kier molecular flexibility index (Phi) is 9.46. The first-order valence-electron chi connectivity index (χ1n) is 14.8. The highest BCUT2D eigenvalue weighted by Crippen LogP contribution is 2.29. The number of fused-ring (bicyclic) bond motifs is 2. The van der Waals surface area contributed by atoms with Crippen molar-refractivity contribution in [2.45, 2.75) is 51.6 Å². The Balaban J connectivity index is 1.06. The van der Waals surface area contributed by atoms with Crippen molar-refractivity contribution < 1.29 is 24.0 Å². The van der Waals surface area contributed by atoms with Gasteiger partial charge in [-0.2, -0.15) is 0 Å². The number of rotatable bonds is 11. The second kappa shape index (κ2) is 13.6. The lowest BCUT2D eigenvalue weighted by Gasteiger charge is -2.31. The van der Waals surface area contributed by atoms with Crippen molar-refractivity contribution in [2.75, 3.05) is 30.3 Å². The average molecular weight is 584 g/mol. The number of hydrogen-bond acceptors (Lipinski definition) is 6. The van der Waals surface area contributed by atoms with Gasteiger partial charge in [-0.15, -0.1) is 0 Å². The van der Waals surface area contributed by atoms with Gasteiger partial charge in [0.15, 0.2) is 0 Å². The molecule has 0 bridgehead atoms. The van der Waals surface area contributed by atoms with E-state index in [-0.39, 0.29) is 42.0 Å². The highest BCUT2D eigenvalue weighted by Gasteiger charge is 2.31. The smallest absolute Gasteiger partial charge is 0.254 e. The fourth-order valence-electron chi connectivity index (χ4n) is 5.96. The zero-order chi connectivity index (χ0) is 30.3. The molecule has 1 fully saturated rings. The summed E-state index contributed by atoms with van der Waals surface area (Å²) in [6, 6.07) is 19.0. The van der Waals surface area contributed by atoms with E-state index < -0.39 is 0 Å². The lowest BCUT2D eigenvalue weighted by molar-refractivity contribution is -0.125. The average Bonchev–Trinajstić information content (AvgIpc) is 3.32. The van der Waals surface area contributed by atoms with Crippen LogP contribution in [0.5, 0.6) is 0 Å². The van der Waals surface area contributed by atoms with Crippen molar-refractivity contribution >= 4 is 52.2 Å². The molecule has 1 atom stereocenters. The lowest BCUT2D eigenvalue weighted by atomic mass is 9.93. The molecule has 2 heterocycles. The molecule has 43 heavy (non-hydrogen) atoms. The van der Waals surface area contributed by atoms with Crippen molar-refractivity contribution in [3.8, 4) is 0 Å². The number of nitrogens with one attached hydrogen (secondary N) is 3. The molecule has 3 N–H and O–H groups in total. The summed E-state index contributed by atoms with van der Waals surface area (Å²) in [5, 5.41) is 10.3. The van der Waals surface area contributed by atoms with Crippen LogP contribution in [0.25, 0.3) is 10.8 Å². The first-order chi connectivity index (χ1) is 20.8. The number of amides is 5. The van der Waals surface area contributed by atoms with Gasteiger partial charge in [0, 0.05) is 47.8 Å². The number of piperidine rings is 1. The Labute approximate surface area is 250 Å². The van der Waals surface area contributed by atoms with Crippen LogP contribution in [0, 0.1) is 5.92 Å². The minimum Gasteiger partial charge on any atom is -0.332 e. The van der Waals surface area contributed by atoms with Crippen LogP contribution in [0.15, 0.2) is 60.7 Å². The van der Waals surface area contributed by atoms with E-state index in [2.05, 4.69) is 20.9 Å². The largest absolute Gasteiger partial charge is 0.332 e. The van der Waals surface area contributed by atoms with E-state index in [1.807, 2.05) is 55.5 Å². The van der Waals surface area contributed by atoms with E-state index >= 15 is 0 Å². The summed E-state index contributed by atoms with van der Waals surface area (Å²) in [6.45, 7) is 4.11. The predicted molar refractivity (Wildman–Crippen MR) is 164 cm³/mol. The standard InChI is InChI=1S/C33H37N5O5/c1-22(9-12-30(40)34-21-39)38-19-25-18-26(10-11-28(25)33(38)43)35-31(41)17-23-13-15-37(16-14-23)20-32(42)36-29-8-4-6-24-5-2-3-7-27(24)29/h2-8,10-11,18,21-23H,9,12-17,19-20H2,1H3,(H,35,41)(H,36,42)(H,34,39,40). The molecule has 3 aromatic carbocycles. The predicted octanol–water partition coefficient (Wildman–Crippen LogP) is 3.92. The van der Waals surface area contributed by atoms with Gasteiger partial charge in [0.25, 0.3) is 5.91 Å². The molecular formula is C33H37N5O5. The summed E-state index contributed by atoms with van der Waals surface area (Å²) in [6.07, 6.45) is 3.03. The van der Waals surface area contributed by atoms with Gasteiger partial charge in [-0.05, 0) is 80.4 Å². The number of nitrogens with zero attached hydrogens (tertiary/aromatic N) is 2. The van der Waals surface area contributed by atoms with Crippen molar-refractivity contribution in [3.05, 3.63) is 71.8 Å². The summed E-state index contributed by atoms with van der Waals surface area (Å²) in [4.78, 5) is 64.4. The van der Waals surface area contributed by atoms with Gasteiger partial charge >= 0.3 is 0 Å². The van der Waals surface area contributed by atoms with E-state index in [9.17, 15) is 24.0 Å². The molecule has 10 heteroatoms. The summed E-state index contributed by atoms with van der Waals surface area (Å²) >= 11 is 0. The quantitative estimate of drug-likeness (QED) is 0.294. The van der Waals surface area contributed by atoms with Gasteiger partial charge in [-0.3, -0.25) is 34.2 Å². The van der Waals surface area contributed by atoms with E-state index in [1.165, 1.54) is 0 Å². The second-order valence-corrected chi connectivity index (χ2v) is 11.4. The van der Waals surface area contributed by atoms with Gasteiger partial charge in [0.05, 0.1) is 6.54 Å². The third kappa shape index (κ3) is 7.45. The molecule has 2 aliphatic heterocycles. The fraction of sp³-hybridized carbons (Fsp3) is 0.364. The van der Waals surface area contributed by atoms with Crippen LogP contribution in [-0.4, -0.2) is 65.5 Å². The zero-order valence-corrected chi connectivity index (χ0v) is 24.3. The third-order valence-corrected chi connectivity index (χ3v) is 8.37. The number of carbonyl (C=O) groups excluding carboxylic acids is 5. The number of imide groups is 1. The van der Waals surface area contributed by atoms with Gasteiger partial charge in [0.1, 0.15) is 0 Å². The molecule has 0 spiro atoms. The molecule has 0 saturated carbocycles. The first-order valence-corrected chi connectivity index (χ1v) is 14.8. The Morgan fingerprint density at radius 3 is 2.51 bits per heavy atom. The second-order valence-electron chi connectivity index (χ2n) is 11.4. The number of likely N-dealkylation sites (tertiary alicyclic amines) is 1. The van der Waals surface area contributed by atoms with Gasteiger partial charge in [-0.25, -0.2) is 0 Å². The molecule has 2 aliphatic rings. The van der Waals surface area contributed by atoms with Gasteiger partial charge < -0.3 is 15.5 Å². The number of hydrogen-bond donors (Lipinski definition) is 3. The molecule has 0 aliphatic carbocycles. The molecule has 224 valence electrons. The summed E-state index contributed by atoms with van der Waals surface area (Å²) < 4.78 is 0. The summed E-state index contributed by atoms with van der Waals surface area (Å²) in [7, 11) is 0. The van der Waals surface area contributed by atoms with Crippen LogP contribution in [0.1, 0.15) is 54.9 Å². The summed E-state index contributed by atoms with van der Waals surface area (Å²) in [5.74, 6) is -0.347. The molecule has 10 nitrogen and oxygen atoms in total. The van der Waals surface area contributed by atoms with Gasteiger partial charge in [-0.1, -0.05) is 36.4 Å². The molecule has 0 radical (unpaired) electrons. The van der Waals surface area contributed by atoms with Crippen molar-refractivity contribution in [1.29, 1.82) is 0 Å². The van der Waals surface area contributed by atoms with E-state index in [0.29, 0.717) is 43.6 Å². The zero-order valence-electron chi connectivity index (χ0n) is 24.3. The van der Waals surface area contributed by atoms with Crippen molar-refractivity contribution in [3.63, 3.8) is 0 Å². The fourth-order valence-corrected chi connectivity index (χ4v) is 5.96. The van der Waals surface area contributed by atoms with Crippen LogP contribution in [-0.2, 0) is 25.7 Å². The van der Waals surface area contributed by atoms with E-state index in [1.54, 1.807) is 17.0 Å². The normalized spacial score (nSPS) is 16.0. The maximum atomic E-state index is 12.9. The molecule has 3 aromatic rings. The molecule has 1 saturated heterocycles. The molecule has 0 aromatic heterocycles. The first kappa shape index (κ1) is 29.9. The molecule has 5 rings (SSSR count). The van der Waals surface area contributed by atoms with E-state index in [4.69, 9.17) is 0 Å². The van der Waals surface area contributed by atoms with Crippen molar-refractivity contribution in [2.24, 2.45) is 5.92 Å². The number of carbonyl (C=O) groups is 5. The van der Waals surface area contributed by atoms with Crippen LogP contribution in [0.2, 0.25) is 0 Å². The Hall–Kier alpha value is -4.57. The topological polar surface area (TPSA) is 128 Å². The minimum absolute atomic E-state index is 0.0426. The van der Waals surface area contributed by atoms with Crippen LogP contribution < -0.4 is 16.0 Å². The monoisotopic (exact) mass is 583 g/mol. The Morgan fingerprint density at radius 1 is 0.953 bits per heavy atom. The Bertz CT molecular complexity index is 1530. The minimum atomic E-state index is -0.371. The molecule has 1 unspecified atom stereocenters. The summed E-state index contributed by atoms with van der Waals surface area (Å²) in [5.41, 5.74) is 2.90. The Morgan fingerprint density at radius 2 is 1.72 bits per heavy atom. The van der Waals surface area contributed by atoms with E-state index in [0.717, 1.165) is 48.0 Å². The van der Waals surface area contributed by atoms with Crippen molar-refractivity contribution in [1.82, 2.24) is 15.1 Å². The highest BCUT2D eigenvalue weighted by atomic mass is 16.2. The SMILES string of the molecule is CC(CCC(=O)NC=O)N1Cc2cc(NC(=O)CC3CCN(CC(=O)Nc4cccc5ccccc45)CC3)ccc2C1=O. The van der Waals surface area contributed by atoms with Gasteiger partial charge in [0.2, 0.25) is 24.1 Å².